The number of thiophene rings is 1. The van der Waals surface area contributed by atoms with Crippen molar-refractivity contribution in [3.05, 3.63) is 82.0 Å². The van der Waals surface area contributed by atoms with Gasteiger partial charge in [0.2, 0.25) is 18.6 Å². The summed E-state index contributed by atoms with van der Waals surface area (Å²) in [4.78, 5) is 32.1. The number of rotatable bonds is 11. The van der Waals surface area contributed by atoms with Crippen molar-refractivity contribution in [1.82, 2.24) is 9.80 Å². The number of nitrogens with zero attached hydrogens (tertiary/aromatic N) is 2. The van der Waals surface area contributed by atoms with E-state index >= 15 is 0 Å². The summed E-state index contributed by atoms with van der Waals surface area (Å²) in [5.41, 5.74) is 1.95. The molecule has 1 atom stereocenters. The van der Waals surface area contributed by atoms with E-state index in [0.29, 0.717) is 31.8 Å². The average Bonchev–Trinajstić information content (AvgIpc) is 3.55. The summed E-state index contributed by atoms with van der Waals surface area (Å²) in [6.07, 6.45) is 0.682. The molecule has 2 amide bonds. The van der Waals surface area contributed by atoms with Gasteiger partial charge < -0.3 is 19.3 Å². The Morgan fingerprint density at radius 3 is 2.42 bits per heavy atom. The van der Waals surface area contributed by atoms with E-state index in [1.165, 1.54) is 0 Å². The van der Waals surface area contributed by atoms with Gasteiger partial charge in [0.1, 0.15) is 0 Å². The molecule has 3 aromatic rings. The fourth-order valence-corrected chi connectivity index (χ4v) is 5.20. The van der Waals surface area contributed by atoms with Crippen molar-refractivity contribution in [2.24, 2.45) is 5.92 Å². The van der Waals surface area contributed by atoms with Crippen LogP contribution in [0.4, 0.5) is 0 Å². The molecule has 0 aliphatic carbocycles. The standard InChI is InChI=1S/C29H34N2O4S/c1-4-25(23-9-6-5-7-10-23)29(33)31(16-21(2)3)19-28(32)30(18-24-11-8-14-36-24)17-22-12-13-26-27(15-22)35-20-34-26/h5-15,21,25H,4,16-20H2,1-3H3. The van der Waals surface area contributed by atoms with Crippen molar-refractivity contribution in [1.29, 1.82) is 0 Å². The molecule has 2 aromatic carbocycles. The number of hydrogen-bond donors (Lipinski definition) is 0. The second-order valence-electron chi connectivity index (χ2n) is 9.50. The number of ether oxygens (including phenoxy) is 2. The predicted molar refractivity (Wildman–Crippen MR) is 142 cm³/mol. The van der Waals surface area contributed by atoms with Crippen molar-refractivity contribution in [2.75, 3.05) is 19.9 Å². The largest absolute Gasteiger partial charge is 0.454 e. The zero-order valence-corrected chi connectivity index (χ0v) is 22.0. The number of benzene rings is 2. The van der Waals surface area contributed by atoms with Gasteiger partial charge in [-0.2, -0.15) is 0 Å². The van der Waals surface area contributed by atoms with E-state index in [2.05, 4.69) is 13.8 Å². The molecule has 0 N–H and O–H groups in total. The molecule has 36 heavy (non-hydrogen) atoms. The van der Waals surface area contributed by atoms with Crippen LogP contribution < -0.4 is 9.47 Å². The molecule has 1 aromatic heterocycles. The van der Waals surface area contributed by atoms with Gasteiger partial charge in [0.05, 0.1) is 19.0 Å². The van der Waals surface area contributed by atoms with Gasteiger partial charge in [-0.15, -0.1) is 11.3 Å². The first-order valence-electron chi connectivity index (χ1n) is 12.5. The Morgan fingerprint density at radius 1 is 0.944 bits per heavy atom. The Hall–Kier alpha value is -3.32. The van der Waals surface area contributed by atoms with Crippen molar-refractivity contribution in [3.8, 4) is 11.5 Å². The van der Waals surface area contributed by atoms with Gasteiger partial charge in [0.15, 0.2) is 11.5 Å². The van der Waals surface area contributed by atoms with Crippen molar-refractivity contribution >= 4 is 23.2 Å². The lowest BCUT2D eigenvalue weighted by molar-refractivity contribution is -0.142. The van der Waals surface area contributed by atoms with E-state index in [4.69, 9.17) is 9.47 Å². The fourth-order valence-electron chi connectivity index (χ4n) is 4.48. The fraction of sp³-hybridized carbons (Fsp3) is 0.379. The molecule has 7 heteroatoms. The van der Waals surface area contributed by atoms with E-state index in [1.807, 2.05) is 77.9 Å². The smallest absolute Gasteiger partial charge is 0.242 e. The number of hydrogen-bond acceptors (Lipinski definition) is 5. The third kappa shape index (κ3) is 6.46. The third-order valence-electron chi connectivity index (χ3n) is 6.22. The summed E-state index contributed by atoms with van der Waals surface area (Å²) in [5, 5.41) is 2.01. The lowest BCUT2D eigenvalue weighted by atomic mass is 9.94. The number of fused-ring (bicyclic) bond motifs is 1. The number of carbonyl (C=O) groups excluding carboxylic acids is 2. The Kier molecular flexibility index (Phi) is 8.65. The first kappa shape index (κ1) is 25.8. The molecule has 0 fully saturated rings. The molecule has 4 rings (SSSR count). The second kappa shape index (κ2) is 12.1. The van der Waals surface area contributed by atoms with Crippen LogP contribution in [0.5, 0.6) is 11.5 Å². The van der Waals surface area contributed by atoms with Crippen LogP contribution >= 0.6 is 11.3 Å². The predicted octanol–water partition coefficient (Wildman–Crippen LogP) is 5.68. The highest BCUT2D eigenvalue weighted by Gasteiger charge is 2.28. The Balaban J connectivity index is 1.55. The number of amides is 2. The number of carbonyl (C=O) groups is 2. The van der Waals surface area contributed by atoms with Gasteiger partial charge >= 0.3 is 0 Å². The second-order valence-corrected chi connectivity index (χ2v) is 10.5. The van der Waals surface area contributed by atoms with Crippen LogP contribution in [0.3, 0.4) is 0 Å². The Morgan fingerprint density at radius 2 is 1.72 bits per heavy atom. The van der Waals surface area contributed by atoms with Gasteiger partial charge in [0, 0.05) is 18.0 Å². The quantitative estimate of drug-likeness (QED) is 0.336. The maximum atomic E-state index is 13.7. The molecule has 0 saturated carbocycles. The first-order chi connectivity index (χ1) is 17.4. The molecule has 190 valence electrons. The van der Waals surface area contributed by atoms with Crippen molar-refractivity contribution in [3.63, 3.8) is 0 Å². The Bertz CT molecular complexity index is 1150. The molecule has 1 aliphatic rings. The minimum Gasteiger partial charge on any atom is -0.454 e. The molecule has 2 heterocycles. The molecule has 1 unspecified atom stereocenters. The van der Waals surface area contributed by atoms with Gasteiger partial charge in [-0.05, 0) is 47.0 Å². The highest BCUT2D eigenvalue weighted by atomic mass is 32.1. The Labute approximate surface area is 217 Å². The molecule has 0 radical (unpaired) electrons. The maximum absolute atomic E-state index is 13.7. The minimum atomic E-state index is -0.266. The lowest BCUT2D eigenvalue weighted by Crippen LogP contribution is -2.45. The summed E-state index contributed by atoms with van der Waals surface area (Å²) in [6, 6.07) is 19.6. The maximum Gasteiger partial charge on any atom is 0.242 e. The van der Waals surface area contributed by atoms with Crippen molar-refractivity contribution < 1.29 is 19.1 Å². The zero-order valence-electron chi connectivity index (χ0n) is 21.2. The van der Waals surface area contributed by atoms with Crippen LogP contribution in [0.15, 0.2) is 66.0 Å². The molecule has 0 bridgehead atoms. The molecule has 1 aliphatic heterocycles. The lowest BCUT2D eigenvalue weighted by Gasteiger charge is -2.31. The van der Waals surface area contributed by atoms with E-state index in [9.17, 15) is 9.59 Å². The topological polar surface area (TPSA) is 59.1 Å². The van der Waals surface area contributed by atoms with Crippen LogP contribution in [0.1, 0.15) is 49.1 Å². The van der Waals surface area contributed by atoms with Crippen LogP contribution in [-0.2, 0) is 22.7 Å². The third-order valence-corrected chi connectivity index (χ3v) is 7.08. The summed E-state index contributed by atoms with van der Waals surface area (Å²) in [6.45, 7) is 7.88. The van der Waals surface area contributed by atoms with Crippen LogP contribution in [0.2, 0.25) is 0 Å². The highest BCUT2D eigenvalue weighted by molar-refractivity contribution is 7.09. The van der Waals surface area contributed by atoms with Gasteiger partial charge in [-0.25, -0.2) is 0 Å². The van der Waals surface area contributed by atoms with Crippen LogP contribution in [0, 0.1) is 5.92 Å². The van der Waals surface area contributed by atoms with E-state index in [-0.39, 0.29) is 37.0 Å². The molecule has 0 spiro atoms. The minimum absolute atomic E-state index is 0.00454. The summed E-state index contributed by atoms with van der Waals surface area (Å²) < 4.78 is 11.0. The zero-order chi connectivity index (χ0) is 25.5. The molecule has 6 nitrogen and oxygen atoms in total. The first-order valence-corrected chi connectivity index (χ1v) is 13.3. The SMILES string of the molecule is CCC(C(=O)N(CC(=O)N(Cc1ccc2c(c1)OCO2)Cc1cccs1)CC(C)C)c1ccccc1. The average molecular weight is 507 g/mol. The van der Waals surface area contributed by atoms with Crippen LogP contribution in [0.25, 0.3) is 0 Å². The summed E-state index contributed by atoms with van der Waals surface area (Å²) in [5.74, 6) is 1.33. The van der Waals surface area contributed by atoms with Gasteiger partial charge in [0.25, 0.3) is 0 Å². The molecular formula is C29H34N2O4S. The molecular weight excluding hydrogens is 472 g/mol. The van der Waals surface area contributed by atoms with Gasteiger partial charge in [-0.3, -0.25) is 9.59 Å². The molecule has 0 saturated heterocycles. The summed E-state index contributed by atoms with van der Waals surface area (Å²) >= 11 is 1.62. The van der Waals surface area contributed by atoms with Crippen LogP contribution in [-0.4, -0.2) is 41.5 Å². The van der Waals surface area contributed by atoms with E-state index in [1.54, 1.807) is 16.2 Å². The normalized spacial score (nSPS) is 13.0. The highest BCUT2D eigenvalue weighted by Crippen LogP contribution is 2.33. The van der Waals surface area contributed by atoms with E-state index < -0.39 is 0 Å². The van der Waals surface area contributed by atoms with E-state index in [0.717, 1.165) is 21.8 Å². The summed E-state index contributed by atoms with van der Waals surface area (Å²) in [7, 11) is 0. The van der Waals surface area contributed by atoms with Gasteiger partial charge in [-0.1, -0.05) is 63.2 Å². The monoisotopic (exact) mass is 506 g/mol. The van der Waals surface area contributed by atoms with Crippen molar-refractivity contribution in [2.45, 2.75) is 46.2 Å².